The smallest absolute Gasteiger partial charge is 0.336 e. The van der Waals surface area contributed by atoms with Gasteiger partial charge in [-0.2, -0.15) is 0 Å². The summed E-state index contributed by atoms with van der Waals surface area (Å²) in [5, 5.41) is 0.287. The lowest BCUT2D eigenvalue weighted by Gasteiger charge is -2.08. The summed E-state index contributed by atoms with van der Waals surface area (Å²) < 4.78 is 29.6. The second-order valence-corrected chi connectivity index (χ2v) is 7.89. The molecule has 0 N–H and O–H groups in total. The minimum atomic E-state index is -0.625. The van der Waals surface area contributed by atoms with Crippen LogP contribution in [-0.4, -0.2) is 5.97 Å². The molecule has 4 aromatic carbocycles. The standard InChI is InChI=1S/C30H19FO5/c31-23-11-6-20(7-12-23)8-17-29(32)36-25-15-16-26-27(18-25)34-19-28(30(26)33)35-24-13-9-22(10-14-24)21-4-2-1-3-5-21/h1-19H. The zero-order valence-electron chi connectivity index (χ0n) is 18.9. The maximum absolute atomic E-state index is 13.0. The summed E-state index contributed by atoms with van der Waals surface area (Å²) in [6.45, 7) is 0. The van der Waals surface area contributed by atoms with Crippen LogP contribution in [-0.2, 0) is 4.79 Å². The molecule has 0 saturated heterocycles. The van der Waals surface area contributed by atoms with E-state index in [-0.39, 0.29) is 33.7 Å². The zero-order chi connectivity index (χ0) is 24.9. The summed E-state index contributed by atoms with van der Waals surface area (Å²) in [7, 11) is 0. The highest BCUT2D eigenvalue weighted by Crippen LogP contribution is 2.26. The summed E-state index contributed by atoms with van der Waals surface area (Å²) in [5.74, 6) is -0.229. The maximum atomic E-state index is 13.0. The van der Waals surface area contributed by atoms with Crippen LogP contribution in [0.15, 0.2) is 119 Å². The van der Waals surface area contributed by atoms with Gasteiger partial charge in [-0.1, -0.05) is 54.6 Å². The van der Waals surface area contributed by atoms with Gasteiger partial charge in [0.1, 0.15) is 29.2 Å². The predicted octanol–water partition coefficient (Wildman–Crippen LogP) is 7.01. The van der Waals surface area contributed by atoms with E-state index >= 15 is 0 Å². The normalized spacial score (nSPS) is 11.0. The molecular formula is C30H19FO5. The van der Waals surface area contributed by atoms with Gasteiger partial charge in [-0.25, -0.2) is 9.18 Å². The number of carbonyl (C=O) groups is 1. The third-order valence-electron chi connectivity index (χ3n) is 5.40. The van der Waals surface area contributed by atoms with Gasteiger partial charge in [0, 0.05) is 12.1 Å². The molecule has 0 saturated carbocycles. The van der Waals surface area contributed by atoms with Crippen molar-refractivity contribution in [2.24, 2.45) is 0 Å². The third kappa shape index (κ3) is 5.23. The van der Waals surface area contributed by atoms with Crippen LogP contribution >= 0.6 is 0 Å². The minimum Gasteiger partial charge on any atom is -0.460 e. The Morgan fingerprint density at radius 2 is 1.50 bits per heavy atom. The fourth-order valence-corrected chi connectivity index (χ4v) is 3.59. The van der Waals surface area contributed by atoms with Crippen molar-refractivity contribution in [3.8, 4) is 28.4 Å². The number of esters is 1. The average molecular weight is 478 g/mol. The van der Waals surface area contributed by atoms with E-state index < -0.39 is 5.97 Å². The van der Waals surface area contributed by atoms with Gasteiger partial charge in [-0.3, -0.25) is 4.79 Å². The monoisotopic (exact) mass is 478 g/mol. The van der Waals surface area contributed by atoms with Crippen molar-refractivity contribution in [2.45, 2.75) is 0 Å². The summed E-state index contributed by atoms with van der Waals surface area (Å²) in [5.41, 5.74) is 2.66. The Hall–Kier alpha value is -4.97. The first-order valence-corrected chi connectivity index (χ1v) is 11.1. The fourth-order valence-electron chi connectivity index (χ4n) is 3.59. The van der Waals surface area contributed by atoms with Crippen LogP contribution in [0, 0.1) is 5.82 Å². The van der Waals surface area contributed by atoms with Crippen LogP contribution < -0.4 is 14.9 Å². The van der Waals surface area contributed by atoms with Gasteiger partial charge in [0.25, 0.3) is 0 Å². The number of ether oxygens (including phenoxy) is 2. The van der Waals surface area contributed by atoms with Crippen LogP contribution in [0.4, 0.5) is 4.39 Å². The molecule has 0 amide bonds. The fraction of sp³-hybridized carbons (Fsp3) is 0. The van der Waals surface area contributed by atoms with E-state index in [4.69, 9.17) is 13.9 Å². The molecule has 5 rings (SSSR count). The van der Waals surface area contributed by atoms with Gasteiger partial charge in [0.15, 0.2) is 0 Å². The molecule has 0 aliphatic carbocycles. The van der Waals surface area contributed by atoms with Crippen LogP contribution in [0.5, 0.6) is 17.2 Å². The van der Waals surface area contributed by atoms with E-state index in [0.29, 0.717) is 11.3 Å². The molecule has 5 nitrogen and oxygen atoms in total. The molecule has 36 heavy (non-hydrogen) atoms. The molecule has 0 atom stereocenters. The van der Waals surface area contributed by atoms with E-state index in [1.165, 1.54) is 48.7 Å². The van der Waals surface area contributed by atoms with Crippen molar-refractivity contribution in [1.82, 2.24) is 0 Å². The third-order valence-corrected chi connectivity index (χ3v) is 5.40. The number of benzene rings is 4. The van der Waals surface area contributed by atoms with Crippen LogP contribution in [0.2, 0.25) is 0 Å². The molecule has 0 fully saturated rings. The molecule has 0 spiro atoms. The van der Waals surface area contributed by atoms with Crippen molar-refractivity contribution in [1.29, 1.82) is 0 Å². The SMILES string of the molecule is O=C(C=Cc1ccc(F)cc1)Oc1ccc2c(=O)c(Oc3ccc(-c4ccccc4)cc3)coc2c1. The zero-order valence-corrected chi connectivity index (χ0v) is 18.9. The van der Waals surface area contributed by atoms with Gasteiger partial charge >= 0.3 is 5.97 Å². The number of carbonyl (C=O) groups excluding carboxylic acids is 1. The van der Waals surface area contributed by atoms with Gasteiger partial charge in [0.05, 0.1) is 5.39 Å². The Morgan fingerprint density at radius 3 is 2.25 bits per heavy atom. The second-order valence-electron chi connectivity index (χ2n) is 7.89. The molecule has 1 aromatic heterocycles. The highest BCUT2D eigenvalue weighted by Gasteiger charge is 2.11. The molecule has 6 heteroatoms. The van der Waals surface area contributed by atoms with Crippen molar-refractivity contribution < 1.29 is 23.1 Å². The van der Waals surface area contributed by atoms with Crippen LogP contribution in [0.25, 0.3) is 28.2 Å². The molecule has 0 unspecified atom stereocenters. The van der Waals surface area contributed by atoms with E-state index in [1.807, 2.05) is 42.5 Å². The molecule has 1 heterocycles. The van der Waals surface area contributed by atoms with E-state index in [1.54, 1.807) is 24.3 Å². The number of halogens is 1. The molecule has 0 radical (unpaired) electrons. The molecule has 0 aliphatic heterocycles. The topological polar surface area (TPSA) is 65.7 Å². The molecule has 5 aromatic rings. The molecule has 0 bridgehead atoms. The Bertz CT molecular complexity index is 1600. The summed E-state index contributed by atoms with van der Waals surface area (Å²) >= 11 is 0. The number of hydrogen-bond acceptors (Lipinski definition) is 5. The largest absolute Gasteiger partial charge is 0.460 e. The van der Waals surface area contributed by atoms with Gasteiger partial charge in [-0.05, 0) is 59.2 Å². The summed E-state index contributed by atoms with van der Waals surface area (Å²) in [4.78, 5) is 25.0. The number of rotatable bonds is 6. The van der Waals surface area contributed by atoms with Crippen molar-refractivity contribution in [3.05, 3.63) is 131 Å². The number of hydrogen-bond donors (Lipinski definition) is 0. The van der Waals surface area contributed by atoms with Gasteiger partial charge in [-0.15, -0.1) is 0 Å². The van der Waals surface area contributed by atoms with Crippen LogP contribution in [0.3, 0.4) is 0 Å². The first-order chi connectivity index (χ1) is 17.5. The molecule has 176 valence electrons. The quantitative estimate of drug-likeness (QED) is 0.149. The summed E-state index contributed by atoms with van der Waals surface area (Å²) in [6.07, 6.45) is 3.97. The van der Waals surface area contributed by atoms with Crippen molar-refractivity contribution >= 4 is 23.0 Å². The van der Waals surface area contributed by atoms with Gasteiger partial charge < -0.3 is 13.9 Å². The lowest BCUT2D eigenvalue weighted by Crippen LogP contribution is -2.06. The van der Waals surface area contributed by atoms with Crippen LogP contribution in [0.1, 0.15) is 5.56 Å². The van der Waals surface area contributed by atoms with E-state index in [0.717, 1.165) is 11.1 Å². The molecular weight excluding hydrogens is 459 g/mol. The Labute approximate surface area is 205 Å². The van der Waals surface area contributed by atoms with Crippen molar-refractivity contribution in [3.63, 3.8) is 0 Å². The minimum absolute atomic E-state index is 0.0435. The highest BCUT2D eigenvalue weighted by molar-refractivity contribution is 5.89. The Kier molecular flexibility index (Phi) is 6.40. The number of fused-ring (bicyclic) bond motifs is 1. The van der Waals surface area contributed by atoms with E-state index in [9.17, 15) is 14.0 Å². The predicted molar refractivity (Wildman–Crippen MR) is 136 cm³/mol. The maximum Gasteiger partial charge on any atom is 0.336 e. The second kappa shape index (κ2) is 10.1. The Balaban J connectivity index is 1.29. The van der Waals surface area contributed by atoms with Gasteiger partial charge in [0.2, 0.25) is 11.2 Å². The lowest BCUT2D eigenvalue weighted by molar-refractivity contribution is -0.128. The lowest BCUT2D eigenvalue weighted by atomic mass is 10.1. The Morgan fingerprint density at radius 1 is 0.806 bits per heavy atom. The summed E-state index contributed by atoms with van der Waals surface area (Å²) in [6, 6.07) is 27.5. The van der Waals surface area contributed by atoms with Crippen molar-refractivity contribution in [2.75, 3.05) is 0 Å². The average Bonchev–Trinajstić information content (AvgIpc) is 2.91. The first-order valence-electron chi connectivity index (χ1n) is 11.1. The first kappa shape index (κ1) is 22.8. The van der Waals surface area contributed by atoms with E-state index in [2.05, 4.69) is 0 Å². The molecule has 0 aliphatic rings. The highest BCUT2D eigenvalue weighted by atomic mass is 19.1.